The first-order valence-corrected chi connectivity index (χ1v) is 9.09. The third-order valence-electron chi connectivity index (χ3n) is 3.52. The van der Waals surface area contributed by atoms with E-state index in [1.54, 1.807) is 25.3 Å². The molecular formula is C20H24N2O4S. The van der Waals surface area contributed by atoms with Crippen molar-refractivity contribution in [2.75, 3.05) is 33.5 Å². The van der Waals surface area contributed by atoms with E-state index in [1.165, 1.54) is 0 Å². The highest BCUT2D eigenvalue weighted by molar-refractivity contribution is 7.80. The number of carbonyl (C=O) groups is 1. The Morgan fingerprint density at radius 2 is 1.67 bits per heavy atom. The third kappa shape index (κ3) is 7.64. The molecule has 0 saturated heterocycles. The highest BCUT2D eigenvalue weighted by atomic mass is 32.1. The highest BCUT2D eigenvalue weighted by Gasteiger charge is 2.13. The van der Waals surface area contributed by atoms with E-state index in [4.69, 9.17) is 26.4 Å². The Morgan fingerprint density at radius 3 is 2.44 bits per heavy atom. The minimum Gasteiger partial charge on any atom is -0.490 e. The maximum Gasteiger partial charge on any atom is 0.261 e. The fourth-order valence-electron chi connectivity index (χ4n) is 2.24. The van der Waals surface area contributed by atoms with Crippen LogP contribution in [0.25, 0.3) is 0 Å². The monoisotopic (exact) mass is 388 g/mol. The first-order valence-electron chi connectivity index (χ1n) is 8.68. The van der Waals surface area contributed by atoms with E-state index < -0.39 is 0 Å². The summed E-state index contributed by atoms with van der Waals surface area (Å²) in [6, 6.07) is 16.5. The average molecular weight is 388 g/mol. The highest BCUT2D eigenvalue weighted by Crippen LogP contribution is 2.18. The fraction of sp³-hybridized carbons (Fsp3) is 0.300. The van der Waals surface area contributed by atoms with Gasteiger partial charge < -0.3 is 19.5 Å². The Balaban J connectivity index is 1.81. The number of nitrogens with one attached hydrogen (secondary N) is 2. The number of para-hydroxylation sites is 2. The summed E-state index contributed by atoms with van der Waals surface area (Å²) in [7, 11) is 1.64. The number of methoxy groups -OCH3 is 1. The molecule has 0 bridgehead atoms. The summed E-state index contributed by atoms with van der Waals surface area (Å²) < 4.78 is 16.3. The van der Waals surface area contributed by atoms with Gasteiger partial charge in [-0.1, -0.05) is 30.3 Å². The summed E-state index contributed by atoms with van der Waals surface area (Å²) in [5.74, 6) is 0.935. The molecule has 0 aromatic heterocycles. The Kier molecular flexibility index (Phi) is 9.09. The zero-order valence-corrected chi connectivity index (χ0v) is 16.1. The molecule has 0 aliphatic carbocycles. The van der Waals surface area contributed by atoms with Crippen molar-refractivity contribution in [3.63, 3.8) is 0 Å². The van der Waals surface area contributed by atoms with Crippen LogP contribution in [0.1, 0.15) is 16.8 Å². The number of rotatable bonds is 10. The molecule has 2 aromatic carbocycles. The topological polar surface area (TPSA) is 68.8 Å². The first kappa shape index (κ1) is 20.7. The van der Waals surface area contributed by atoms with Gasteiger partial charge in [-0.3, -0.25) is 10.1 Å². The van der Waals surface area contributed by atoms with Crippen LogP contribution < -0.4 is 20.1 Å². The second-order valence-electron chi connectivity index (χ2n) is 5.56. The van der Waals surface area contributed by atoms with Crippen molar-refractivity contribution in [2.45, 2.75) is 6.42 Å². The van der Waals surface area contributed by atoms with Gasteiger partial charge in [-0.15, -0.1) is 0 Å². The molecule has 7 heteroatoms. The van der Waals surface area contributed by atoms with Crippen LogP contribution >= 0.6 is 12.2 Å². The summed E-state index contributed by atoms with van der Waals surface area (Å²) >= 11 is 5.14. The zero-order valence-electron chi connectivity index (χ0n) is 15.3. The van der Waals surface area contributed by atoms with Gasteiger partial charge in [0.15, 0.2) is 5.11 Å². The van der Waals surface area contributed by atoms with Crippen LogP contribution in [0, 0.1) is 0 Å². The van der Waals surface area contributed by atoms with E-state index in [-0.39, 0.29) is 11.0 Å². The third-order valence-corrected chi connectivity index (χ3v) is 3.77. The number of benzene rings is 2. The van der Waals surface area contributed by atoms with E-state index >= 15 is 0 Å². The van der Waals surface area contributed by atoms with Gasteiger partial charge in [0.25, 0.3) is 5.91 Å². The first-order chi connectivity index (χ1) is 13.2. The smallest absolute Gasteiger partial charge is 0.261 e. The van der Waals surface area contributed by atoms with Crippen molar-refractivity contribution in [2.24, 2.45) is 0 Å². The predicted molar refractivity (Wildman–Crippen MR) is 108 cm³/mol. The molecule has 0 aliphatic heterocycles. The second-order valence-corrected chi connectivity index (χ2v) is 5.97. The van der Waals surface area contributed by atoms with Crippen molar-refractivity contribution in [1.29, 1.82) is 0 Å². The molecule has 0 heterocycles. The second kappa shape index (κ2) is 11.9. The van der Waals surface area contributed by atoms with E-state index in [0.717, 1.165) is 12.2 Å². The Bertz CT molecular complexity index is 725. The van der Waals surface area contributed by atoms with Gasteiger partial charge in [-0.05, 0) is 42.9 Å². The van der Waals surface area contributed by atoms with Crippen LogP contribution in [0.3, 0.4) is 0 Å². The van der Waals surface area contributed by atoms with Crippen molar-refractivity contribution in [1.82, 2.24) is 10.6 Å². The number of ether oxygens (including phenoxy) is 3. The van der Waals surface area contributed by atoms with Crippen LogP contribution in [0.15, 0.2) is 54.6 Å². The predicted octanol–water partition coefficient (Wildman–Crippen LogP) is 2.79. The van der Waals surface area contributed by atoms with Crippen molar-refractivity contribution < 1.29 is 19.0 Å². The SMILES string of the molecule is COCCCNC(=S)NC(=O)c1ccccc1OCCOc1ccccc1. The minimum atomic E-state index is -0.321. The molecule has 0 aliphatic rings. The molecular weight excluding hydrogens is 364 g/mol. The largest absolute Gasteiger partial charge is 0.490 e. The normalized spacial score (nSPS) is 10.1. The fourth-order valence-corrected chi connectivity index (χ4v) is 2.44. The van der Waals surface area contributed by atoms with Gasteiger partial charge in [0.1, 0.15) is 24.7 Å². The van der Waals surface area contributed by atoms with Crippen molar-refractivity contribution in [3.8, 4) is 11.5 Å². The number of amides is 1. The quantitative estimate of drug-likeness (QED) is 0.482. The summed E-state index contributed by atoms with van der Waals surface area (Å²) in [5.41, 5.74) is 0.415. The van der Waals surface area contributed by atoms with E-state index in [1.807, 2.05) is 36.4 Å². The average Bonchev–Trinajstić information content (AvgIpc) is 2.69. The summed E-state index contributed by atoms with van der Waals surface area (Å²) in [5, 5.41) is 5.90. The molecule has 2 rings (SSSR count). The van der Waals surface area contributed by atoms with Gasteiger partial charge in [0.2, 0.25) is 0 Å². The minimum absolute atomic E-state index is 0.276. The molecule has 0 unspecified atom stereocenters. The van der Waals surface area contributed by atoms with Gasteiger partial charge in [0, 0.05) is 20.3 Å². The number of hydrogen-bond donors (Lipinski definition) is 2. The van der Waals surface area contributed by atoms with Gasteiger partial charge in [0.05, 0.1) is 5.56 Å². The van der Waals surface area contributed by atoms with Gasteiger partial charge >= 0.3 is 0 Å². The number of carbonyl (C=O) groups excluding carboxylic acids is 1. The number of hydrogen-bond acceptors (Lipinski definition) is 5. The lowest BCUT2D eigenvalue weighted by atomic mass is 10.2. The molecule has 2 aromatic rings. The van der Waals surface area contributed by atoms with Crippen molar-refractivity contribution in [3.05, 3.63) is 60.2 Å². The molecule has 0 saturated carbocycles. The molecule has 27 heavy (non-hydrogen) atoms. The Labute approximate surface area is 164 Å². The molecule has 2 N–H and O–H groups in total. The summed E-state index contributed by atoms with van der Waals surface area (Å²) in [4.78, 5) is 12.4. The lowest BCUT2D eigenvalue weighted by Crippen LogP contribution is -2.40. The van der Waals surface area contributed by atoms with E-state index in [9.17, 15) is 4.79 Å². The maximum atomic E-state index is 12.4. The molecule has 144 valence electrons. The Morgan fingerprint density at radius 1 is 0.963 bits per heavy atom. The Hall–Kier alpha value is -2.64. The summed E-state index contributed by atoms with van der Waals surface area (Å²) in [6.45, 7) is 1.95. The standard InChI is InChI=1S/C20H24N2O4S/c1-24-13-7-12-21-20(27)22-19(23)17-10-5-6-11-18(17)26-15-14-25-16-8-3-2-4-9-16/h2-6,8-11H,7,12-15H2,1H3,(H2,21,22,23,27). The lowest BCUT2D eigenvalue weighted by Gasteiger charge is -2.13. The molecule has 0 atom stereocenters. The van der Waals surface area contributed by atoms with Gasteiger partial charge in [-0.25, -0.2) is 0 Å². The van der Waals surface area contributed by atoms with Crippen LogP contribution in [0.2, 0.25) is 0 Å². The lowest BCUT2D eigenvalue weighted by molar-refractivity contribution is 0.0971. The van der Waals surface area contributed by atoms with Crippen molar-refractivity contribution >= 4 is 23.2 Å². The van der Waals surface area contributed by atoms with Gasteiger partial charge in [-0.2, -0.15) is 0 Å². The van der Waals surface area contributed by atoms with E-state index in [0.29, 0.717) is 37.7 Å². The zero-order chi connectivity index (χ0) is 19.3. The molecule has 0 fully saturated rings. The molecule has 6 nitrogen and oxygen atoms in total. The molecule has 0 radical (unpaired) electrons. The van der Waals surface area contributed by atoms with Crippen LogP contribution in [0.4, 0.5) is 0 Å². The van der Waals surface area contributed by atoms with E-state index in [2.05, 4.69) is 10.6 Å². The van der Waals surface area contributed by atoms with Crippen LogP contribution in [-0.2, 0) is 4.74 Å². The maximum absolute atomic E-state index is 12.4. The summed E-state index contributed by atoms with van der Waals surface area (Å²) in [6.07, 6.45) is 0.799. The van der Waals surface area contributed by atoms with Crippen LogP contribution in [-0.4, -0.2) is 44.5 Å². The molecule has 0 spiro atoms. The van der Waals surface area contributed by atoms with Crippen LogP contribution in [0.5, 0.6) is 11.5 Å². The number of thiocarbonyl (C=S) groups is 1. The molecule has 1 amide bonds.